The number of benzene rings is 1. The lowest BCUT2D eigenvalue weighted by atomic mass is 9.85. The van der Waals surface area contributed by atoms with Crippen LogP contribution in [0.3, 0.4) is 0 Å². The zero-order valence-electron chi connectivity index (χ0n) is 19.4. The van der Waals surface area contributed by atoms with Crippen LogP contribution in [0.25, 0.3) is 0 Å². The van der Waals surface area contributed by atoms with Crippen LogP contribution < -0.4 is 4.74 Å². The van der Waals surface area contributed by atoms with E-state index in [0.717, 1.165) is 30.9 Å². The van der Waals surface area contributed by atoms with E-state index < -0.39 is 5.54 Å². The van der Waals surface area contributed by atoms with Gasteiger partial charge in [0.05, 0.1) is 13.7 Å². The van der Waals surface area contributed by atoms with Gasteiger partial charge < -0.3 is 14.4 Å². The molecular weight excluding hydrogens is 420 g/mol. The third kappa shape index (κ3) is 4.86. The highest BCUT2D eigenvalue weighted by Crippen LogP contribution is 2.38. The summed E-state index contributed by atoms with van der Waals surface area (Å²) >= 11 is 0. The van der Waals surface area contributed by atoms with Crippen LogP contribution in [0, 0.1) is 0 Å². The molecule has 2 aliphatic heterocycles. The predicted octanol–water partition coefficient (Wildman–Crippen LogP) is 2.93. The van der Waals surface area contributed by atoms with E-state index in [4.69, 9.17) is 9.47 Å². The molecule has 2 saturated heterocycles. The molecule has 2 fully saturated rings. The van der Waals surface area contributed by atoms with Crippen molar-refractivity contribution in [1.29, 1.82) is 0 Å². The molecule has 1 aromatic heterocycles. The topological polar surface area (TPSA) is 75.2 Å². The summed E-state index contributed by atoms with van der Waals surface area (Å²) in [6.07, 6.45) is 5.57. The summed E-state index contributed by atoms with van der Waals surface area (Å²) in [6, 6.07) is 11.3. The largest absolute Gasteiger partial charge is 0.497 e. The molecule has 0 bridgehead atoms. The van der Waals surface area contributed by atoms with E-state index in [1.54, 1.807) is 26.6 Å². The Bertz CT molecular complexity index is 943. The Balaban J connectivity index is 1.50. The van der Waals surface area contributed by atoms with Gasteiger partial charge in [0.2, 0.25) is 0 Å². The van der Waals surface area contributed by atoms with Gasteiger partial charge in [0.25, 0.3) is 5.91 Å². The number of ether oxygens (including phenoxy) is 2. The van der Waals surface area contributed by atoms with Gasteiger partial charge in [0.15, 0.2) is 0 Å². The molecule has 0 aliphatic carbocycles. The van der Waals surface area contributed by atoms with E-state index in [-0.39, 0.29) is 18.5 Å². The van der Waals surface area contributed by atoms with Gasteiger partial charge in [-0.15, -0.1) is 0 Å². The summed E-state index contributed by atoms with van der Waals surface area (Å²) in [6.45, 7) is 3.68. The Kier molecular flexibility index (Phi) is 7.25. The van der Waals surface area contributed by atoms with Gasteiger partial charge >= 0.3 is 6.03 Å². The predicted molar refractivity (Wildman–Crippen MR) is 124 cm³/mol. The molecule has 0 radical (unpaired) electrons. The van der Waals surface area contributed by atoms with Crippen LogP contribution in [-0.4, -0.2) is 77.6 Å². The highest BCUT2D eigenvalue weighted by atomic mass is 16.5. The van der Waals surface area contributed by atoms with Gasteiger partial charge in [-0.2, -0.15) is 0 Å². The van der Waals surface area contributed by atoms with E-state index in [9.17, 15) is 9.59 Å². The molecule has 0 saturated carbocycles. The monoisotopic (exact) mass is 452 g/mol. The minimum Gasteiger partial charge on any atom is -0.497 e. The average Bonchev–Trinajstić information content (AvgIpc) is 3.03. The second-order valence-electron chi connectivity index (χ2n) is 8.68. The number of aromatic nitrogens is 1. The maximum absolute atomic E-state index is 13.7. The molecule has 8 nitrogen and oxygen atoms in total. The van der Waals surface area contributed by atoms with Crippen molar-refractivity contribution >= 4 is 11.9 Å². The first-order chi connectivity index (χ1) is 16.1. The third-order valence-corrected chi connectivity index (χ3v) is 6.69. The van der Waals surface area contributed by atoms with Crippen molar-refractivity contribution in [3.05, 3.63) is 59.9 Å². The minimum absolute atomic E-state index is 0.0794. The second-order valence-corrected chi connectivity index (χ2v) is 8.68. The molecule has 4 rings (SSSR count). The smallest absolute Gasteiger partial charge is 0.327 e. The number of likely N-dealkylation sites (tertiary alicyclic amines) is 1. The fraction of sp³-hybridized carbons (Fsp3) is 0.480. The van der Waals surface area contributed by atoms with Crippen molar-refractivity contribution in [3.8, 4) is 5.75 Å². The van der Waals surface area contributed by atoms with Crippen molar-refractivity contribution < 1.29 is 19.1 Å². The summed E-state index contributed by atoms with van der Waals surface area (Å²) < 4.78 is 10.4. The van der Waals surface area contributed by atoms with Crippen molar-refractivity contribution in [2.24, 2.45) is 0 Å². The third-order valence-electron chi connectivity index (χ3n) is 6.69. The Hall–Kier alpha value is -2.97. The van der Waals surface area contributed by atoms with Crippen LogP contribution >= 0.6 is 0 Å². The number of imide groups is 1. The Morgan fingerprint density at radius 2 is 1.61 bits per heavy atom. The molecular formula is C25H32N4O4. The SMILES string of the molecule is COCCCN1C(=O)N(Cc2ccc(OC)cc2)C(=O)C12CCN(Cc1ccncc1)CC2. The molecule has 0 N–H and O–H groups in total. The Morgan fingerprint density at radius 1 is 0.939 bits per heavy atom. The number of carbonyl (C=O) groups excluding carboxylic acids is 2. The summed E-state index contributed by atoms with van der Waals surface area (Å²) in [5, 5.41) is 0. The first kappa shape index (κ1) is 23.2. The maximum atomic E-state index is 13.7. The van der Waals surface area contributed by atoms with Crippen molar-refractivity contribution in [3.63, 3.8) is 0 Å². The first-order valence-corrected chi connectivity index (χ1v) is 11.4. The zero-order valence-corrected chi connectivity index (χ0v) is 19.4. The van der Waals surface area contributed by atoms with Crippen LogP contribution in [0.5, 0.6) is 5.75 Å². The molecule has 1 spiro atoms. The first-order valence-electron chi connectivity index (χ1n) is 11.4. The lowest BCUT2D eigenvalue weighted by molar-refractivity contribution is -0.136. The number of hydrogen-bond donors (Lipinski definition) is 0. The van der Waals surface area contributed by atoms with Crippen LogP contribution in [0.2, 0.25) is 0 Å². The summed E-state index contributed by atoms with van der Waals surface area (Å²) in [5.74, 6) is 0.668. The quantitative estimate of drug-likeness (QED) is 0.430. The molecule has 1 aromatic carbocycles. The van der Waals surface area contributed by atoms with Gasteiger partial charge in [-0.25, -0.2) is 4.79 Å². The standard InChI is InChI=1S/C25H32N4O4/c1-32-17-3-14-29-24(31)28(19-20-4-6-22(33-2)7-5-20)23(30)25(29)10-15-27(16-11-25)18-21-8-12-26-13-9-21/h4-9,12-13H,3,10-11,14-19H2,1-2H3. The minimum atomic E-state index is -0.772. The number of pyridine rings is 1. The number of urea groups is 1. The van der Waals surface area contributed by atoms with Gasteiger partial charge in [-0.05, 0) is 54.7 Å². The van der Waals surface area contributed by atoms with E-state index in [1.807, 2.05) is 41.3 Å². The molecule has 3 heterocycles. The van der Waals surface area contributed by atoms with Gasteiger partial charge in [0.1, 0.15) is 11.3 Å². The normalized spacial score (nSPS) is 18.4. The van der Waals surface area contributed by atoms with Gasteiger partial charge in [-0.3, -0.25) is 19.6 Å². The van der Waals surface area contributed by atoms with Crippen LogP contribution in [0.1, 0.15) is 30.4 Å². The molecule has 3 amide bonds. The lowest BCUT2D eigenvalue weighted by Crippen LogP contribution is -2.56. The van der Waals surface area contributed by atoms with Crippen LogP contribution in [-0.2, 0) is 22.6 Å². The summed E-state index contributed by atoms with van der Waals surface area (Å²) in [7, 11) is 3.27. The molecule has 33 heavy (non-hydrogen) atoms. The number of rotatable bonds is 9. The number of nitrogens with zero attached hydrogens (tertiary/aromatic N) is 4. The van der Waals surface area contributed by atoms with Gasteiger partial charge in [-0.1, -0.05) is 12.1 Å². The molecule has 176 valence electrons. The number of carbonyl (C=O) groups is 2. The summed E-state index contributed by atoms with van der Waals surface area (Å²) in [5.41, 5.74) is 1.33. The molecule has 2 aromatic rings. The Morgan fingerprint density at radius 3 is 2.24 bits per heavy atom. The average molecular weight is 453 g/mol. The Labute approximate surface area is 195 Å². The van der Waals surface area contributed by atoms with Crippen molar-refractivity contribution in [1.82, 2.24) is 19.7 Å². The highest BCUT2D eigenvalue weighted by molar-refractivity contribution is 6.07. The van der Waals surface area contributed by atoms with E-state index in [2.05, 4.69) is 9.88 Å². The molecule has 2 aliphatic rings. The summed E-state index contributed by atoms with van der Waals surface area (Å²) in [4.78, 5) is 36.8. The van der Waals surface area contributed by atoms with Crippen LogP contribution in [0.15, 0.2) is 48.8 Å². The number of amides is 3. The maximum Gasteiger partial charge on any atom is 0.327 e. The van der Waals surface area contributed by atoms with Crippen molar-refractivity contribution in [2.45, 2.75) is 37.9 Å². The van der Waals surface area contributed by atoms with Gasteiger partial charge in [0, 0.05) is 52.3 Å². The van der Waals surface area contributed by atoms with Crippen LogP contribution in [0.4, 0.5) is 4.79 Å². The van der Waals surface area contributed by atoms with E-state index in [0.29, 0.717) is 32.4 Å². The zero-order chi connectivity index (χ0) is 23.3. The number of methoxy groups -OCH3 is 2. The molecule has 0 unspecified atom stereocenters. The highest BCUT2D eigenvalue weighted by Gasteiger charge is 2.57. The van der Waals surface area contributed by atoms with Crippen molar-refractivity contribution in [2.75, 3.05) is 40.5 Å². The fourth-order valence-electron chi connectivity index (χ4n) is 4.82. The van der Waals surface area contributed by atoms with E-state index in [1.165, 1.54) is 10.5 Å². The number of hydrogen-bond acceptors (Lipinski definition) is 6. The van der Waals surface area contributed by atoms with E-state index >= 15 is 0 Å². The molecule has 8 heteroatoms. The molecule has 0 atom stereocenters. The fourth-order valence-corrected chi connectivity index (χ4v) is 4.82. The lowest BCUT2D eigenvalue weighted by Gasteiger charge is -2.42. The second kappa shape index (κ2) is 10.3. The number of piperidine rings is 1.